The Morgan fingerprint density at radius 2 is 1.75 bits per heavy atom. The van der Waals surface area contributed by atoms with E-state index in [1.807, 2.05) is 39.9 Å². The van der Waals surface area contributed by atoms with Gasteiger partial charge in [0.25, 0.3) is 0 Å². The Hall–Kier alpha value is -2.86. The minimum absolute atomic E-state index is 0.0338. The molecule has 146 valence electrons. The van der Waals surface area contributed by atoms with Gasteiger partial charge in [-0.1, -0.05) is 36.4 Å². The zero-order chi connectivity index (χ0) is 19.2. The van der Waals surface area contributed by atoms with E-state index < -0.39 is 0 Å². The number of hydrogen-bond acceptors (Lipinski definition) is 3. The maximum atomic E-state index is 12.4. The molecule has 0 atom stereocenters. The van der Waals surface area contributed by atoms with Crippen LogP contribution >= 0.6 is 0 Å². The number of aromatic nitrogens is 2. The number of hydrogen-bond donors (Lipinski definition) is 1. The molecule has 0 aliphatic carbocycles. The second kappa shape index (κ2) is 8.89. The van der Waals surface area contributed by atoms with Crippen LogP contribution < -0.4 is 5.32 Å². The Bertz CT molecular complexity index is 866. The van der Waals surface area contributed by atoms with Gasteiger partial charge in [-0.05, 0) is 24.1 Å². The Labute approximate surface area is 165 Å². The number of fused-ring (bicyclic) bond motifs is 1. The fourth-order valence-corrected chi connectivity index (χ4v) is 3.62. The molecule has 1 aliphatic heterocycles. The van der Waals surface area contributed by atoms with Crippen molar-refractivity contribution in [1.82, 2.24) is 24.5 Å². The maximum absolute atomic E-state index is 12.4. The average molecular weight is 377 g/mol. The van der Waals surface area contributed by atoms with Crippen molar-refractivity contribution >= 4 is 11.7 Å². The first-order chi connectivity index (χ1) is 13.8. The quantitative estimate of drug-likeness (QED) is 0.718. The zero-order valence-electron chi connectivity index (χ0n) is 16.1. The molecule has 0 bridgehead atoms. The number of carbonyl (C=O) groups excluding carboxylic acids is 1. The predicted octanol–water partition coefficient (Wildman–Crippen LogP) is 2.45. The molecule has 28 heavy (non-hydrogen) atoms. The highest BCUT2D eigenvalue weighted by Gasteiger charge is 2.20. The summed E-state index contributed by atoms with van der Waals surface area (Å²) in [5, 5.41) is 3.04. The number of piperazine rings is 1. The van der Waals surface area contributed by atoms with Crippen LogP contribution in [0.1, 0.15) is 11.3 Å². The van der Waals surface area contributed by atoms with Gasteiger partial charge in [0, 0.05) is 58.1 Å². The van der Waals surface area contributed by atoms with E-state index in [1.54, 1.807) is 0 Å². The minimum atomic E-state index is 0.0338. The van der Waals surface area contributed by atoms with Crippen LogP contribution in [0.2, 0.25) is 0 Å². The third kappa shape index (κ3) is 4.70. The molecule has 2 aromatic heterocycles. The lowest BCUT2D eigenvalue weighted by Crippen LogP contribution is -2.52. The number of imidazole rings is 1. The van der Waals surface area contributed by atoms with Gasteiger partial charge >= 0.3 is 6.03 Å². The predicted molar refractivity (Wildman–Crippen MR) is 110 cm³/mol. The molecule has 1 aromatic carbocycles. The second-order valence-electron chi connectivity index (χ2n) is 7.24. The molecule has 0 radical (unpaired) electrons. The molecular formula is C22H27N5O. The standard InChI is InChI=1S/C22H27N5O/c28-22(23-11-9-20-18-27-12-5-4-8-21(27)24-20)26-16-14-25(15-17-26)13-10-19-6-2-1-3-7-19/h1-8,12,18H,9-11,13-17H2,(H,23,28). The highest BCUT2D eigenvalue weighted by molar-refractivity contribution is 5.74. The lowest BCUT2D eigenvalue weighted by Gasteiger charge is -2.34. The van der Waals surface area contributed by atoms with Crippen LogP contribution in [-0.4, -0.2) is 64.5 Å². The zero-order valence-corrected chi connectivity index (χ0v) is 16.1. The largest absolute Gasteiger partial charge is 0.338 e. The van der Waals surface area contributed by atoms with Crippen LogP contribution in [0.4, 0.5) is 4.79 Å². The lowest BCUT2D eigenvalue weighted by molar-refractivity contribution is 0.140. The van der Waals surface area contributed by atoms with Gasteiger partial charge in [0.2, 0.25) is 0 Å². The topological polar surface area (TPSA) is 52.9 Å². The van der Waals surface area contributed by atoms with E-state index in [9.17, 15) is 4.79 Å². The molecule has 6 heteroatoms. The van der Waals surface area contributed by atoms with E-state index in [0.717, 1.165) is 56.9 Å². The van der Waals surface area contributed by atoms with Crippen molar-refractivity contribution in [2.24, 2.45) is 0 Å². The summed E-state index contributed by atoms with van der Waals surface area (Å²) in [5.74, 6) is 0. The summed E-state index contributed by atoms with van der Waals surface area (Å²) in [7, 11) is 0. The van der Waals surface area contributed by atoms with Crippen molar-refractivity contribution in [2.45, 2.75) is 12.8 Å². The van der Waals surface area contributed by atoms with Crippen LogP contribution in [0, 0.1) is 0 Å². The van der Waals surface area contributed by atoms with E-state index in [0.29, 0.717) is 6.54 Å². The molecule has 1 N–H and O–H groups in total. The Morgan fingerprint density at radius 1 is 0.964 bits per heavy atom. The number of nitrogens with zero attached hydrogens (tertiary/aromatic N) is 4. The second-order valence-corrected chi connectivity index (χ2v) is 7.24. The van der Waals surface area contributed by atoms with Gasteiger partial charge in [-0.2, -0.15) is 0 Å². The van der Waals surface area contributed by atoms with Crippen LogP contribution in [0.5, 0.6) is 0 Å². The van der Waals surface area contributed by atoms with Crippen molar-refractivity contribution < 1.29 is 4.79 Å². The van der Waals surface area contributed by atoms with Gasteiger partial charge in [0.1, 0.15) is 5.65 Å². The summed E-state index contributed by atoms with van der Waals surface area (Å²) in [4.78, 5) is 21.3. The van der Waals surface area contributed by atoms with Crippen molar-refractivity contribution in [1.29, 1.82) is 0 Å². The van der Waals surface area contributed by atoms with Gasteiger partial charge < -0.3 is 14.6 Å². The Balaban J connectivity index is 1.17. The molecular weight excluding hydrogens is 350 g/mol. The van der Waals surface area contributed by atoms with Crippen LogP contribution in [0.25, 0.3) is 5.65 Å². The minimum Gasteiger partial charge on any atom is -0.338 e. The molecule has 4 rings (SSSR count). The lowest BCUT2D eigenvalue weighted by atomic mass is 10.1. The van der Waals surface area contributed by atoms with Gasteiger partial charge in [0.05, 0.1) is 5.69 Å². The van der Waals surface area contributed by atoms with Crippen molar-refractivity contribution in [3.63, 3.8) is 0 Å². The summed E-state index contributed by atoms with van der Waals surface area (Å²) in [5.41, 5.74) is 3.31. The van der Waals surface area contributed by atoms with E-state index in [2.05, 4.69) is 45.5 Å². The monoisotopic (exact) mass is 377 g/mol. The summed E-state index contributed by atoms with van der Waals surface area (Å²) in [6.45, 7) is 5.10. The molecule has 6 nitrogen and oxygen atoms in total. The normalized spacial score (nSPS) is 15.1. The highest BCUT2D eigenvalue weighted by atomic mass is 16.2. The van der Waals surface area contributed by atoms with E-state index >= 15 is 0 Å². The molecule has 0 unspecified atom stereocenters. The van der Waals surface area contributed by atoms with Crippen LogP contribution in [0.3, 0.4) is 0 Å². The van der Waals surface area contributed by atoms with Gasteiger partial charge in [-0.25, -0.2) is 9.78 Å². The third-order valence-corrected chi connectivity index (χ3v) is 5.29. The SMILES string of the molecule is O=C(NCCc1cn2ccccc2n1)N1CCN(CCc2ccccc2)CC1. The van der Waals surface area contributed by atoms with E-state index in [-0.39, 0.29) is 6.03 Å². The van der Waals surface area contributed by atoms with Crippen LogP contribution in [0.15, 0.2) is 60.9 Å². The highest BCUT2D eigenvalue weighted by Crippen LogP contribution is 2.07. The molecule has 0 spiro atoms. The number of urea groups is 1. The fraction of sp³-hybridized carbons (Fsp3) is 0.364. The molecule has 3 heterocycles. The van der Waals surface area contributed by atoms with Gasteiger partial charge in [-0.3, -0.25) is 4.90 Å². The van der Waals surface area contributed by atoms with Crippen molar-refractivity contribution in [2.75, 3.05) is 39.3 Å². The Morgan fingerprint density at radius 3 is 2.54 bits per heavy atom. The number of pyridine rings is 1. The first-order valence-electron chi connectivity index (χ1n) is 9.99. The smallest absolute Gasteiger partial charge is 0.317 e. The fourth-order valence-electron chi connectivity index (χ4n) is 3.62. The number of benzene rings is 1. The first-order valence-corrected chi connectivity index (χ1v) is 9.99. The number of rotatable bonds is 6. The first kappa shape index (κ1) is 18.5. The summed E-state index contributed by atoms with van der Waals surface area (Å²) < 4.78 is 2.01. The maximum Gasteiger partial charge on any atom is 0.317 e. The molecule has 1 aliphatic rings. The van der Waals surface area contributed by atoms with E-state index in [1.165, 1.54) is 5.56 Å². The molecule has 0 saturated carbocycles. The van der Waals surface area contributed by atoms with Crippen molar-refractivity contribution in [3.05, 3.63) is 72.2 Å². The van der Waals surface area contributed by atoms with Gasteiger partial charge in [0.15, 0.2) is 0 Å². The van der Waals surface area contributed by atoms with Crippen molar-refractivity contribution in [3.8, 4) is 0 Å². The Kier molecular flexibility index (Phi) is 5.87. The number of amides is 2. The average Bonchev–Trinajstić information content (AvgIpc) is 3.16. The summed E-state index contributed by atoms with van der Waals surface area (Å²) >= 11 is 0. The molecule has 1 saturated heterocycles. The van der Waals surface area contributed by atoms with E-state index in [4.69, 9.17) is 0 Å². The van der Waals surface area contributed by atoms with Gasteiger partial charge in [-0.15, -0.1) is 0 Å². The molecule has 2 amide bonds. The molecule has 1 fully saturated rings. The van der Waals surface area contributed by atoms with Crippen LogP contribution in [-0.2, 0) is 12.8 Å². The third-order valence-electron chi connectivity index (χ3n) is 5.29. The summed E-state index contributed by atoms with van der Waals surface area (Å²) in [6, 6.07) is 16.6. The number of nitrogens with one attached hydrogen (secondary N) is 1. The number of carbonyl (C=O) groups is 1. The summed E-state index contributed by atoms with van der Waals surface area (Å²) in [6.07, 6.45) is 5.81. The molecule has 3 aromatic rings.